The Morgan fingerprint density at radius 1 is 1.19 bits per heavy atom. The third kappa shape index (κ3) is 3.84. The Morgan fingerprint density at radius 2 is 2.06 bits per heavy atom. The van der Waals surface area contributed by atoms with Gasteiger partial charge < -0.3 is 10.2 Å². The summed E-state index contributed by atoms with van der Waals surface area (Å²) in [7, 11) is 0. The van der Waals surface area contributed by atoms with E-state index in [4.69, 9.17) is 0 Å². The van der Waals surface area contributed by atoms with Gasteiger partial charge in [-0.1, -0.05) is 25.8 Å². The molecule has 5 rings (SSSR count). The monoisotopic (exact) mass is 424 g/mol. The van der Waals surface area contributed by atoms with E-state index in [0.717, 1.165) is 36.9 Å². The number of carbonyl (C=O) groups is 2. The van der Waals surface area contributed by atoms with Crippen LogP contribution in [-0.4, -0.2) is 66.5 Å². The first-order chi connectivity index (χ1) is 15.0. The van der Waals surface area contributed by atoms with E-state index in [1.54, 1.807) is 4.90 Å². The van der Waals surface area contributed by atoms with Gasteiger partial charge in [0.1, 0.15) is 0 Å². The molecular formula is C25H36N4O2. The third-order valence-electron chi connectivity index (χ3n) is 8.03. The topological polar surface area (TPSA) is 55.9 Å². The quantitative estimate of drug-likeness (QED) is 0.803. The minimum absolute atomic E-state index is 0.0702. The molecule has 31 heavy (non-hydrogen) atoms. The van der Waals surface area contributed by atoms with Crippen LogP contribution in [0.15, 0.2) is 18.2 Å². The van der Waals surface area contributed by atoms with Gasteiger partial charge in [-0.25, -0.2) is 4.79 Å². The molecule has 0 saturated carbocycles. The number of fused-ring (bicyclic) bond motifs is 4. The average molecular weight is 425 g/mol. The molecule has 1 N–H and O–H groups in total. The number of likely N-dealkylation sites (tertiary alicyclic amines) is 1. The van der Waals surface area contributed by atoms with Crippen molar-refractivity contribution < 1.29 is 9.59 Å². The van der Waals surface area contributed by atoms with E-state index < -0.39 is 0 Å². The van der Waals surface area contributed by atoms with Gasteiger partial charge >= 0.3 is 6.03 Å². The molecule has 1 aromatic rings. The van der Waals surface area contributed by atoms with Gasteiger partial charge in [0.2, 0.25) is 0 Å². The summed E-state index contributed by atoms with van der Waals surface area (Å²) in [5.41, 5.74) is 2.60. The molecule has 4 aliphatic rings. The molecule has 0 aliphatic carbocycles. The summed E-state index contributed by atoms with van der Waals surface area (Å²) in [6.45, 7) is 8.52. The van der Waals surface area contributed by atoms with Gasteiger partial charge in [0.15, 0.2) is 0 Å². The number of hydrogen-bond donors (Lipinski definition) is 1. The fraction of sp³-hybridized carbons (Fsp3) is 0.680. The van der Waals surface area contributed by atoms with Crippen LogP contribution in [-0.2, 0) is 0 Å². The predicted octanol–water partition coefficient (Wildman–Crippen LogP) is 3.64. The zero-order valence-electron chi connectivity index (χ0n) is 19.0. The second-order valence-electron chi connectivity index (χ2n) is 10.1. The SMILES string of the molecule is CCC[C@H]1CCC[C@H]2[C@@H]3C[C@@H](CN(C(=O)c4ccc(C)c(N5CCNC5=O)c4)C3)CN12. The zero-order chi connectivity index (χ0) is 21.5. The lowest BCUT2D eigenvalue weighted by Crippen LogP contribution is -2.62. The van der Waals surface area contributed by atoms with Gasteiger partial charge in [-0.15, -0.1) is 0 Å². The summed E-state index contributed by atoms with van der Waals surface area (Å²) >= 11 is 0. The highest BCUT2D eigenvalue weighted by molar-refractivity contribution is 5.99. The van der Waals surface area contributed by atoms with Gasteiger partial charge in [0.25, 0.3) is 5.91 Å². The van der Waals surface area contributed by atoms with Crippen LogP contribution in [0.1, 0.15) is 61.4 Å². The Morgan fingerprint density at radius 3 is 2.84 bits per heavy atom. The lowest BCUT2D eigenvalue weighted by Gasteiger charge is -2.55. The second kappa shape index (κ2) is 8.45. The maximum absolute atomic E-state index is 13.5. The highest BCUT2D eigenvalue weighted by Gasteiger charge is 2.45. The van der Waals surface area contributed by atoms with Crippen molar-refractivity contribution in [2.45, 2.75) is 64.5 Å². The van der Waals surface area contributed by atoms with Crippen LogP contribution in [0, 0.1) is 18.8 Å². The highest BCUT2D eigenvalue weighted by Crippen LogP contribution is 2.41. The minimum atomic E-state index is -0.0702. The van der Waals surface area contributed by atoms with Crippen LogP contribution < -0.4 is 10.2 Å². The van der Waals surface area contributed by atoms with Gasteiger partial charge in [-0.2, -0.15) is 0 Å². The van der Waals surface area contributed by atoms with Crippen LogP contribution >= 0.6 is 0 Å². The van der Waals surface area contributed by atoms with Gasteiger partial charge in [0, 0.05) is 56.1 Å². The first-order valence-corrected chi connectivity index (χ1v) is 12.3. The molecule has 1 aromatic carbocycles. The number of aryl methyl sites for hydroxylation is 1. The summed E-state index contributed by atoms with van der Waals surface area (Å²) in [5.74, 6) is 1.32. The number of rotatable bonds is 4. The van der Waals surface area contributed by atoms with Crippen molar-refractivity contribution in [3.8, 4) is 0 Å². The number of urea groups is 1. The van der Waals surface area contributed by atoms with Gasteiger partial charge in [-0.05, 0) is 62.1 Å². The second-order valence-corrected chi connectivity index (χ2v) is 10.1. The molecule has 3 amide bonds. The van der Waals surface area contributed by atoms with E-state index in [1.807, 2.05) is 25.1 Å². The molecule has 0 radical (unpaired) electrons. The van der Waals surface area contributed by atoms with E-state index in [-0.39, 0.29) is 11.9 Å². The molecule has 4 atom stereocenters. The maximum atomic E-state index is 13.5. The van der Waals surface area contributed by atoms with E-state index in [2.05, 4.69) is 22.0 Å². The molecule has 2 bridgehead atoms. The smallest absolute Gasteiger partial charge is 0.322 e. The number of nitrogens with zero attached hydrogens (tertiary/aromatic N) is 3. The predicted molar refractivity (Wildman–Crippen MR) is 122 cm³/mol. The lowest BCUT2D eigenvalue weighted by molar-refractivity contribution is -0.0518. The fourth-order valence-corrected chi connectivity index (χ4v) is 6.64. The summed E-state index contributed by atoms with van der Waals surface area (Å²) in [6, 6.07) is 7.18. The molecule has 6 nitrogen and oxygen atoms in total. The summed E-state index contributed by atoms with van der Waals surface area (Å²) < 4.78 is 0. The number of anilines is 1. The molecule has 0 unspecified atom stereocenters. The summed E-state index contributed by atoms with van der Waals surface area (Å²) in [5, 5.41) is 2.86. The number of amides is 3. The number of hydrogen-bond acceptors (Lipinski definition) is 3. The van der Waals surface area contributed by atoms with E-state index in [1.165, 1.54) is 38.5 Å². The summed E-state index contributed by atoms with van der Waals surface area (Å²) in [6.07, 6.45) is 7.82. The van der Waals surface area contributed by atoms with Crippen LogP contribution in [0.5, 0.6) is 0 Å². The molecule has 0 aromatic heterocycles. The Balaban J connectivity index is 1.33. The first-order valence-electron chi connectivity index (χ1n) is 12.3. The van der Waals surface area contributed by atoms with Crippen molar-refractivity contribution in [1.82, 2.24) is 15.1 Å². The van der Waals surface area contributed by atoms with Crippen LogP contribution in [0.3, 0.4) is 0 Å². The summed E-state index contributed by atoms with van der Waals surface area (Å²) in [4.78, 5) is 32.4. The van der Waals surface area contributed by atoms with Crippen molar-refractivity contribution >= 4 is 17.6 Å². The normalized spacial score (nSPS) is 30.8. The molecule has 4 saturated heterocycles. The molecule has 4 fully saturated rings. The number of piperidine rings is 3. The van der Waals surface area contributed by atoms with Crippen molar-refractivity contribution in [1.29, 1.82) is 0 Å². The van der Waals surface area contributed by atoms with Crippen molar-refractivity contribution in [2.24, 2.45) is 11.8 Å². The minimum Gasteiger partial charge on any atom is -0.338 e. The van der Waals surface area contributed by atoms with Crippen LogP contribution in [0.2, 0.25) is 0 Å². The zero-order valence-corrected chi connectivity index (χ0v) is 19.0. The number of carbonyl (C=O) groups excluding carboxylic acids is 2. The number of benzene rings is 1. The Hall–Kier alpha value is -2.08. The molecule has 6 heteroatoms. The average Bonchev–Trinajstić information content (AvgIpc) is 3.20. The molecule has 4 heterocycles. The van der Waals surface area contributed by atoms with E-state index >= 15 is 0 Å². The van der Waals surface area contributed by atoms with Crippen molar-refractivity contribution in [3.05, 3.63) is 29.3 Å². The first kappa shape index (κ1) is 20.8. The lowest BCUT2D eigenvalue weighted by atomic mass is 9.74. The van der Waals surface area contributed by atoms with E-state index in [9.17, 15) is 9.59 Å². The molecular weight excluding hydrogens is 388 g/mol. The molecule has 168 valence electrons. The van der Waals surface area contributed by atoms with Crippen molar-refractivity contribution in [3.63, 3.8) is 0 Å². The van der Waals surface area contributed by atoms with Crippen LogP contribution in [0.25, 0.3) is 0 Å². The standard InChI is InChI=1S/C25H36N4O2/c1-3-5-21-6-4-7-22-20-12-18(15-29(21)22)14-27(16-20)24(30)19-9-8-17(2)23(13-19)28-11-10-26-25(28)31/h8-9,13,18,20-22H,3-7,10-12,14-16H2,1-2H3,(H,26,31)/t18-,20+,21-,22-/m0/s1. The van der Waals surface area contributed by atoms with Crippen molar-refractivity contribution in [2.75, 3.05) is 37.6 Å². The molecule has 0 spiro atoms. The van der Waals surface area contributed by atoms with Crippen LogP contribution in [0.4, 0.5) is 10.5 Å². The van der Waals surface area contributed by atoms with Gasteiger partial charge in [0.05, 0.1) is 0 Å². The highest BCUT2D eigenvalue weighted by atomic mass is 16.2. The Bertz CT molecular complexity index is 854. The Labute approximate surface area is 185 Å². The maximum Gasteiger partial charge on any atom is 0.322 e. The number of nitrogens with one attached hydrogen (secondary N) is 1. The largest absolute Gasteiger partial charge is 0.338 e. The van der Waals surface area contributed by atoms with Gasteiger partial charge in [-0.3, -0.25) is 14.6 Å². The molecule has 4 aliphatic heterocycles. The fourth-order valence-electron chi connectivity index (χ4n) is 6.64. The Kier molecular flexibility index (Phi) is 5.67. The third-order valence-corrected chi connectivity index (χ3v) is 8.03. The van der Waals surface area contributed by atoms with E-state index in [0.29, 0.717) is 36.5 Å².